The number of rotatable bonds is 2. The van der Waals surface area contributed by atoms with Crippen molar-refractivity contribution in [2.24, 2.45) is 5.10 Å². The molecule has 2 nitrogen and oxygen atoms in total. The molecule has 48 valence electrons. The molecule has 2 heteroatoms. The van der Waals surface area contributed by atoms with E-state index in [9.17, 15) is 0 Å². The molecule has 0 heterocycles. The minimum atomic E-state index is 1.53. The van der Waals surface area contributed by atoms with Gasteiger partial charge in [-0.2, -0.15) is 5.10 Å². The van der Waals surface area contributed by atoms with E-state index in [1.165, 1.54) is 6.21 Å². The molecule has 0 bridgehead atoms. The first-order chi connectivity index (χ1) is 4.31. The summed E-state index contributed by atoms with van der Waals surface area (Å²) in [5.74, 6) is 5.37. The van der Waals surface area contributed by atoms with Crippen molar-refractivity contribution in [1.29, 1.82) is 0 Å². The fourth-order valence-corrected chi connectivity index (χ4v) is 0.232. The Morgan fingerprint density at radius 2 is 2.33 bits per heavy atom. The second-order valence-corrected chi connectivity index (χ2v) is 1.40. The summed E-state index contributed by atoms with van der Waals surface area (Å²) in [6, 6.07) is 0. The lowest BCUT2D eigenvalue weighted by atomic mass is 10.6. The van der Waals surface area contributed by atoms with Crippen molar-refractivity contribution in [3.8, 4) is 11.8 Å². The van der Waals surface area contributed by atoms with Crippen LogP contribution in [0.3, 0.4) is 0 Å². The van der Waals surface area contributed by atoms with Crippen LogP contribution in [0.5, 0.6) is 0 Å². The zero-order valence-corrected chi connectivity index (χ0v) is 5.76. The third-order valence-corrected chi connectivity index (χ3v) is 0.713. The zero-order valence-electron chi connectivity index (χ0n) is 5.76. The fraction of sp³-hybridized carbons (Fsp3) is 0.286. The van der Waals surface area contributed by atoms with Gasteiger partial charge in [0, 0.05) is 13.2 Å². The van der Waals surface area contributed by atoms with Crippen molar-refractivity contribution in [2.45, 2.75) is 6.92 Å². The average Bonchev–Trinajstić information content (AvgIpc) is 1.89. The van der Waals surface area contributed by atoms with E-state index in [0.29, 0.717) is 0 Å². The molecular formula is C7H10N2. The number of nitrogens with zero attached hydrogens (tertiary/aromatic N) is 2. The molecule has 0 atom stereocenters. The van der Waals surface area contributed by atoms with Crippen LogP contribution in [-0.4, -0.2) is 18.3 Å². The first-order valence-electron chi connectivity index (χ1n) is 2.61. The van der Waals surface area contributed by atoms with Gasteiger partial charge in [0.15, 0.2) is 0 Å². The van der Waals surface area contributed by atoms with Crippen LogP contribution in [0.4, 0.5) is 0 Å². The predicted octanol–water partition coefficient (Wildman–Crippen LogP) is 1.07. The van der Waals surface area contributed by atoms with Crippen LogP contribution in [0.15, 0.2) is 17.9 Å². The first-order valence-corrected chi connectivity index (χ1v) is 2.61. The van der Waals surface area contributed by atoms with E-state index in [2.05, 4.69) is 23.5 Å². The van der Waals surface area contributed by atoms with E-state index < -0.39 is 0 Å². The molecule has 0 fully saturated rings. The van der Waals surface area contributed by atoms with E-state index in [1.807, 2.05) is 0 Å². The van der Waals surface area contributed by atoms with Gasteiger partial charge in [0.05, 0.1) is 6.21 Å². The minimum absolute atomic E-state index is 1.53. The number of hydrazone groups is 1. The van der Waals surface area contributed by atoms with Crippen LogP contribution < -0.4 is 0 Å². The molecule has 0 aromatic carbocycles. The van der Waals surface area contributed by atoms with Crippen LogP contribution in [0.2, 0.25) is 0 Å². The second-order valence-electron chi connectivity index (χ2n) is 1.40. The Labute approximate surface area is 55.9 Å². The molecule has 0 amide bonds. The van der Waals surface area contributed by atoms with E-state index in [0.717, 1.165) is 0 Å². The molecule has 9 heavy (non-hydrogen) atoms. The van der Waals surface area contributed by atoms with E-state index in [1.54, 1.807) is 25.2 Å². The zero-order chi connectivity index (χ0) is 7.11. The first kappa shape index (κ1) is 7.77. The predicted molar refractivity (Wildman–Crippen MR) is 39.9 cm³/mol. The normalized spacial score (nSPS) is 8.22. The number of hydrogen-bond donors (Lipinski definition) is 0. The average molecular weight is 122 g/mol. The van der Waals surface area contributed by atoms with Crippen molar-refractivity contribution in [2.75, 3.05) is 7.05 Å². The lowest BCUT2D eigenvalue weighted by molar-refractivity contribution is 0.495. The molecule has 0 aromatic rings. The van der Waals surface area contributed by atoms with Gasteiger partial charge in [-0.3, -0.25) is 5.01 Å². The third-order valence-electron chi connectivity index (χ3n) is 0.713. The Morgan fingerprint density at radius 3 is 2.78 bits per heavy atom. The largest absolute Gasteiger partial charge is 0.276 e. The molecule has 0 N–H and O–H groups in total. The van der Waals surface area contributed by atoms with Crippen molar-refractivity contribution in [3.63, 3.8) is 0 Å². The Kier molecular flexibility index (Phi) is 4.25. The number of hydrogen-bond acceptors (Lipinski definition) is 2. The van der Waals surface area contributed by atoms with Gasteiger partial charge in [-0.05, 0) is 6.92 Å². The van der Waals surface area contributed by atoms with Gasteiger partial charge < -0.3 is 0 Å². The van der Waals surface area contributed by atoms with Gasteiger partial charge in [0.2, 0.25) is 0 Å². The van der Waals surface area contributed by atoms with Crippen molar-refractivity contribution >= 4 is 6.21 Å². The Balaban J connectivity index is 3.65. The molecule has 0 saturated carbocycles. The Bertz CT molecular complexity index is 159. The SMILES string of the molecule is C=CN(C)/N=C\C#CC. The molecular weight excluding hydrogens is 112 g/mol. The maximum atomic E-state index is 3.85. The molecule has 0 unspecified atom stereocenters. The van der Waals surface area contributed by atoms with Crippen LogP contribution in [-0.2, 0) is 0 Å². The lowest BCUT2D eigenvalue weighted by Crippen LogP contribution is -1.98. The summed E-state index contributed by atoms with van der Waals surface area (Å²) in [5.41, 5.74) is 0. The monoisotopic (exact) mass is 122 g/mol. The fourth-order valence-electron chi connectivity index (χ4n) is 0.232. The molecule has 0 aromatic heterocycles. The van der Waals surface area contributed by atoms with Crippen LogP contribution in [0, 0.1) is 11.8 Å². The highest BCUT2D eigenvalue weighted by molar-refractivity contribution is 5.77. The van der Waals surface area contributed by atoms with Crippen LogP contribution in [0.1, 0.15) is 6.92 Å². The third kappa shape index (κ3) is 4.63. The minimum Gasteiger partial charge on any atom is -0.276 e. The van der Waals surface area contributed by atoms with E-state index >= 15 is 0 Å². The topological polar surface area (TPSA) is 15.6 Å². The van der Waals surface area contributed by atoms with Crippen molar-refractivity contribution in [3.05, 3.63) is 12.8 Å². The van der Waals surface area contributed by atoms with E-state index in [4.69, 9.17) is 0 Å². The molecule has 0 saturated heterocycles. The summed E-state index contributed by atoms with van der Waals surface area (Å²) < 4.78 is 0. The Hall–Kier alpha value is -1.23. The lowest BCUT2D eigenvalue weighted by Gasteiger charge is -2.00. The Morgan fingerprint density at radius 1 is 1.67 bits per heavy atom. The molecule has 0 aliphatic carbocycles. The summed E-state index contributed by atoms with van der Waals surface area (Å²) in [6.45, 7) is 5.27. The molecule has 0 rings (SSSR count). The van der Waals surface area contributed by atoms with Gasteiger partial charge in [-0.15, -0.1) is 5.92 Å². The van der Waals surface area contributed by atoms with Gasteiger partial charge in [0.1, 0.15) is 0 Å². The standard InChI is InChI=1S/C7H10N2/c1-4-6-7-8-9(3)5-2/h5,7H,2H2,1,3H3/b8-7-. The van der Waals surface area contributed by atoms with Gasteiger partial charge in [-0.1, -0.05) is 12.5 Å². The summed E-state index contributed by atoms with van der Waals surface area (Å²) in [4.78, 5) is 0. The van der Waals surface area contributed by atoms with Gasteiger partial charge in [-0.25, -0.2) is 0 Å². The van der Waals surface area contributed by atoms with Crippen molar-refractivity contribution < 1.29 is 0 Å². The molecule has 0 radical (unpaired) electrons. The van der Waals surface area contributed by atoms with Crippen LogP contribution >= 0.6 is 0 Å². The summed E-state index contributed by atoms with van der Waals surface area (Å²) in [6.07, 6.45) is 3.13. The van der Waals surface area contributed by atoms with Crippen molar-refractivity contribution in [1.82, 2.24) is 5.01 Å². The quantitative estimate of drug-likeness (QED) is 0.304. The molecule has 0 aliphatic rings. The summed E-state index contributed by atoms with van der Waals surface area (Å²) in [5, 5.41) is 5.44. The maximum Gasteiger partial charge on any atom is 0.0972 e. The molecule has 0 aliphatic heterocycles. The maximum absolute atomic E-state index is 3.85. The summed E-state index contributed by atoms with van der Waals surface area (Å²) in [7, 11) is 1.79. The highest BCUT2D eigenvalue weighted by atomic mass is 15.4. The highest BCUT2D eigenvalue weighted by Crippen LogP contribution is 1.77. The highest BCUT2D eigenvalue weighted by Gasteiger charge is 1.73. The van der Waals surface area contributed by atoms with Gasteiger partial charge in [0.25, 0.3) is 0 Å². The van der Waals surface area contributed by atoms with Crippen LogP contribution in [0.25, 0.3) is 0 Å². The smallest absolute Gasteiger partial charge is 0.0972 e. The van der Waals surface area contributed by atoms with Gasteiger partial charge >= 0.3 is 0 Å². The van der Waals surface area contributed by atoms with E-state index in [-0.39, 0.29) is 0 Å². The molecule has 0 spiro atoms. The second kappa shape index (κ2) is 4.92. The summed E-state index contributed by atoms with van der Waals surface area (Å²) >= 11 is 0.